The summed E-state index contributed by atoms with van der Waals surface area (Å²) in [6, 6.07) is 6.32. The van der Waals surface area contributed by atoms with Crippen LogP contribution in [-0.4, -0.2) is 49.0 Å². The van der Waals surface area contributed by atoms with Crippen molar-refractivity contribution in [1.29, 1.82) is 0 Å². The lowest BCUT2D eigenvalue weighted by atomic mass is 9.98. The summed E-state index contributed by atoms with van der Waals surface area (Å²) >= 11 is 0. The first kappa shape index (κ1) is 26.4. The Kier molecular flexibility index (Phi) is 10.6. The van der Waals surface area contributed by atoms with Gasteiger partial charge in [0.05, 0.1) is 6.42 Å². The van der Waals surface area contributed by atoms with Crippen LogP contribution in [0.1, 0.15) is 56.9 Å². The van der Waals surface area contributed by atoms with Crippen LogP contribution in [-0.2, 0) is 19.2 Å². The highest BCUT2D eigenvalue weighted by Crippen LogP contribution is 2.22. The number of nitrogens with zero attached hydrogens (tertiary/aromatic N) is 2. The van der Waals surface area contributed by atoms with Gasteiger partial charge in [0.2, 0.25) is 5.91 Å². The molecule has 2 fully saturated rings. The van der Waals surface area contributed by atoms with Gasteiger partial charge in [-0.2, -0.15) is 0 Å². The number of benzene rings is 1. The fourth-order valence-electron chi connectivity index (χ4n) is 3.60. The normalized spacial score (nSPS) is 16.3. The summed E-state index contributed by atoms with van der Waals surface area (Å²) in [6.07, 6.45) is 6.14. The summed E-state index contributed by atoms with van der Waals surface area (Å²) in [7, 11) is 0. The van der Waals surface area contributed by atoms with Gasteiger partial charge in [0.25, 0.3) is 0 Å². The third kappa shape index (κ3) is 9.35. The van der Waals surface area contributed by atoms with Gasteiger partial charge in [-0.1, -0.05) is 11.6 Å². The van der Waals surface area contributed by atoms with Crippen LogP contribution in [0, 0.1) is 0 Å². The molecule has 7 N–H and O–H groups in total. The molecule has 1 heterocycles. The molecule has 3 rings (SSSR count). The van der Waals surface area contributed by atoms with E-state index >= 15 is 0 Å². The number of carbonyl (C=O) groups excluding carboxylic acids is 4. The van der Waals surface area contributed by atoms with Crippen molar-refractivity contribution in [2.24, 2.45) is 22.4 Å². The predicted molar refractivity (Wildman–Crippen MR) is 125 cm³/mol. The van der Waals surface area contributed by atoms with E-state index in [0.29, 0.717) is 12.0 Å². The molecular weight excluding hydrogens is 444 g/mol. The zero-order valence-corrected chi connectivity index (χ0v) is 19.0. The van der Waals surface area contributed by atoms with Crippen LogP contribution in [0.25, 0.3) is 0 Å². The zero-order valence-electron chi connectivity index (χ0n) is 19.0. The first-order valence-corrected chi connectivity index (χ1v) is 11.2. The molecule has 0 atom stereocenters. The van der Waals surface area contributed by atoms with Crippen LogP contribution in [0.5, 0.6) is 0 Å². The molecule has 1 aromatic carbocycles. The molecule has 1 saturated carbocycles. The van der Waals surface area contributed by atoms with E-state index in [1.54, 1.807) is 29.2 Å². The summed E-state index contributed by atoms with van der Waals surface area (Å²) in [5.41, 5.74) is 16.6. The van der Waals surface area contributed by atoms with Crippen molar-refractivity contribution in [2.45, 2.75) is 57.5 Å². The third-order valence-electron chi connectivity index (χ3n) is 5.26. The number of hydrogen-bond acceptors (Lipinski definition) is 7. The van der Waals surface area contributed by atoms with Gasteiger partial charge >= 0.3 is 18.1 Å². The number of nitrogens with two attached hydrogens (primary N) is 3. The SMILES string of the molecule is NC(=O)NCCC(=O)OC1CCCCC1.NC(=O)O/N=C(\N)c1ccc(N2CCCC2=O)cc1. The second kappa shape index (κ2) is 13.7. The predicted octanol–water partition coefficient (Wildman–Crippen LogP) is 1.45. The minimum atomic E-state index is -1.03. The highest BCUT2D eigenvalue weighted by molar-refractivity contribution is 5.99. The van der Waals surface area contributed by atoms with E-state index in [1.165, 1.54) is 6.42 Å². The molecule has 34 heavy (non-hydrogen) atoms. The van der Waals surface area contributed by atoms with E-state index in [9.17, 15) is 19.2 Å². The van der Waals surface area contributed by atoms with Gasteiger partial charge in [-0.25, -0.2) is 9.59 Å². The van der Waals surface area contributed by atoms with Crippen LogP contribution in [0.15, 0.2) is 29.4 Å². The first-order chi connectivity index (χ1) is 16.3. The lowest BCUT2D eigenvalue weighted by molar-refractivity contribution is -0.150. The quantitative estimate of drug-likeness (QED) is 0.150. The van der Waals surface area contributed by atoms with E-state index in [4.69, 9.17) is 21.9 Å². The molecule has 1 saturated heterocycles. The molecule has 0 aromatic heterocycles. The van der Waals surface area contributed by atoms with Gasteiger partial charge in [0.1, 0.15) is 6.10 Å². The number of hydrogen-bond donors (Lipinski definition) is 4. The van der Waals surface area contributed by atoms with E-state index in [2.05, 4.69) is 15.3 Å². The highest BCUT2D eigenvalue weighted by Gasteiger charge is 2.21. The zero-order chi connectivity index (χ0) is 24.9. The van der Waals surface area contributed by atoms with E-state index in [-0.39, 0.29) is 36.8 Å². The molecule has 2 aliphatic rings. The topological polar surface area (TPSA) is 192 Å². The van der Waals surface area contributed by atoms with Crippen molar-refractivity contribution < 1.29 is 28.8 Å². The number of amides is 4. The Balaban J connectivity index is 0.000000248. The smallest absolute Gasteiger partial charge is 0.430 e. The van der Waals surface area contributed by atoms with Crippen LogP contribution in [0.4, 0.5) is 15.3 Å². The molecular formula is C22H32N6O6. The molecule has 12 heteroatoms. The molecule has 4 amide bonds. The van der Waals surface area contributed by atoms with E-state index < -0.39 is 12.1 Å². The van der Waals surface area contributed by atoms with Crippen molar-refractivity contribution in [3.63, 3.8) is 0 Å². The molecule has 0 bridgehead atoms. The Morgan fingerprint density at radius 2 is 1.71 bits per heavy atom. The number of anilines is 1. The van der Waals surface area contributed by atoms with Crippen LogP contribution >= 0.6 is 0 Å². The highest BCUT2D eigenvalue weighted by atomic mass is 16.7. The lowest BCUT2D eigenvalue weighted by Crippen LogP contribution is -2.32. The standard InChI is InChI=1S/C12H14N4O3.C10H18N2O3/c13-11(15-19-12(14)18)8-3-5-9(6-4-8)16-7-1-2-10(16)17;11-10(14)12-7-6-9(13)15-8-4-2-1-3-5-8/h3-6H,1-2,7H2,(H2,13,15)(H2,14,18);8H,1-7H2,(H3,11,12,14). The van der Waals surface area contributed by atoms with Crippen molar-refractivity contribution in [1.82, 2.24) is 5.32 Å². The summed E-state index contributed by atoms with van der Waals surface area (Å²) in [5.74, 6) is -0.0970. The van der Waals surface area contributed by atoms with Crippen LogP contribution in [0.2, 0.25) is 0 Å². The summed E-state index contributed by atoms with van der Waals surface area (Å²) in [5, 5.41) is 5.73. The molecule has 0 radical (unpaired) electrons. The Morgan fingerprint density at radius 1 is 1.03 bits per heavy atom. The fraction of sp³-hybridized carbons (Fsp3) is 0.500. The minimum absolute atomic E-state index is 0.0399. The average Bonchev–Trinajstić information content (AvgIpc) is 3.24. The largest absolute Gasteiger partial charge is 0.462 e. The van der Waals surface area contributed by atoms with Gasteiger partial charge in [-0.3, -0.25) is 14.4 Å². The first-order valence-electron chi connectivity index (χ1n) is 11.2. The van der Waals surface area contributed by atoms with Crippen molar-refractivity contribution >= 4 is 35.5 Å². The molecule has 1 aromatic rings. The summed E-state index contributed by atoms with van der Waals surface area (Å²) < 4.78 is 5.24. The second-order valence-electron chi connectivity index (χ2n) is 7.87. The number of oxime groups is 1. The second-order valence-corrected chi connectivity index (χ2v) is 7.87. The number of urea groups is 1. The monoisotopic (exact) mass is 476 g/mol. The summed E-state index contributed by atoms with van der Waals surface area (Å²) in [6.45, 7) is 0.980. The molecule has 0 spiro atoms. The summed E-state index contributed by atoms with van der Waals surface area (Å²) in [4.78, 5) is 49.5. The Bertz CT molecular complexity index is 882. The minimum Gasteiger partial charge on any atom is -0.462 e. The Labute approximate surface area is 197 Å². The fourth-order valence-corrected chi connectivity index (χ4v) is 3.60. The van der Waals surface area contributed by atoms with E-state index in [1.807, 2.05) is 0 Å². The molecule has 0 unspecified atom stereocenters. The van der Waals surface area contributed by atoms with E-state index in [0.717, 1.165) is 44.3 Å². The van der Waals surface area contributed by atoms with Crippen LogP contribution in [0.3, 0.4) is 0 Å². The van der Waals surface area contributed by atoms with Gasteiger partial charge in [0, 0.05) is 30.8 Å². The Hall–Kier alpha value is -3.83. The van der Waals surface area contributed by atoms with Gasteiger partial charge < -0.3 is 32.2 Å². The third-order valence-corrected chi connectivity index (χ3v) is 5.26. The number of nitrogens with one attached hydrogen (secondary N) is 1. The number of carbonyl (C=O) groups is 4. The number of rotatable bonds is 7. The average molecular weight is 477 g/mol. The number of esters is 1. The maximum atomic E-state index is 11.6. The maximum absolute atomic E-state index is 11.6. The number of primary amides is 2. The van der Waals surface area contributed by atoms with Crippen molar-refractivity contribution in [3.05, 3.63) is 29.8 Å². The van der Waals surface area contributed by atoms with Crippen LogP contribution < -0.4 is 27.4 Å². The molecule has 1 aliphatic carbocycles. The number of ether oxygens (including phenoxy) is 1. The molecule has 1 aliphatic heterocycles. The molecule has 186 valence electrons. The molecule has 12 nitrogen and oxygen atoms in total. The number of amidine groups is 1. The van der Waals surface area contributed by atoms with Gasteiger partial charge in [-0.15, -0.1) is 0 Å². The maximum Gasteiger partial charge on any atom is 0.430 e. The van der Waals surface area contributed by atoms with Crippen molar-refractivity contribution in [2.75, 3.05) is 18.0 Å². The Morgan fingerprint density at radius 3 is 2.26 bits per heavy atom. The van der Waals surface area contributed by atoms with Gasteiger partial charge in [0.15, 0.2) is 5.84 Å². The van der Waals surface area contributed by atoms with Crippen molar-refractivity contribution in [3.8, 4) is 0 Å². The lowest BCUT2D eigenvalue weighted by Gasteiger charge is -2.21. The van der Waals surface area contributed by atoms with Gasteiger partial charge in [-0.05, 0) is 56.4 Å².